The van der Waals surface area contributed by atoms with E-state index >= 15 is 0 Å². The molecule has 0 spiro atoms. The van der Waals surface area contributed by atoms with E-state index in [0.29, 0.717) is 11.2 Å². The SMILES string of the molecule is CCN(CC(=O)Nc1nccs1)C(=O)c1ccc(F)cc1F. The number of benzene rings is 1. The fourth-order valence-electron chi connectivity index (χ4n) is 1.78. The number of rotatable bonds is 5. The van der Waals surface area contributed by atoms with E-state index in [1.165, 1.54) is 22.4 Å². The second-order valence-electron chi connectivity index (χ2n) is 4.33. The summed E-state index contributed by atoms with van der Waals surface area (Å²) in [5.41, 5.74) is -0.273. The molecule has 1 N–H and O–H groups in total. The molecule has 2 rings (SSSR count). The van der Waals surface area contributed by atoms with E-state index in [0.717, 1.165) is 12.1 Å². The molecule has 5 nitrogen and oxygen atoms in total. The van der Waals surface area contributed by atoms with Gasteiger partial charge in [0.05, 0.1) is 5.56 Å². The largest absolute Gasteiger partial charge is 0.330 e. The van der Waals surface area contributed by atoms with Crippen molar-refractivity contribution in [1.29, 1.82) is 0 Å². The molecule has 8 heteroatoms. The van der Waals surface area contributed by atoms with Crippen molar-refractivity contribution in [3.63, 3.8) is 0 Å². The van der Waals surface area contributed by atoms with E-state index in [2.05, 4.69) is 10.3 Å². The number of thiazole rings is 1. The molecule has 2 aromatic rings. The van der Waals surface area contributed by atoms with Gasteiger partial charge >= 0.3 is 0 Å². The van der Waals surface area contributed by atoms with E-state index in [9.17, 15) is 18.4 Å². The van der Waals surface area contributed by atoms with Crippen LogP contribution in [0.5, 0.6) is 0 Å². The molecule has 1 heterocycles. The Morgan fingerprint density at radius 1 is 1.36 bits per heavy atom. The molecular weight excluding hydrogens is 312 g/mol. The number of halogens is 2. The summed E-state index contributed by atoms with van der Waals surface area (Å²) in [4.78, 5) is 29.1. The Morgan fingerprint density at radius 2 is 2.14 bits per heavy atom. The predicted molar refractivity (Wildman–Crippen MR) is 78.7 cm³/mol. The zero-order chi connectivity index (χ0) is 16.1. The van der Waals surface area contributed by atoms with E-state index in [4.69, 9.17) is 0 Å². The molecule has 0 aliphatic heterocycles. The van der Waals surface area contributed by atoms with Gasteiger partial charge in [-0.05, 0) is 19.1 Å². The van der Waals surface area contributed by atoms with E-state index < -0.39 is 23.4 Å². The summed E-state index contributed by atoms with van der Waals surface area (Å²) in [7, 11) is 0. The van der Waals surface area contributed by atoms with Crippen LogP contribution < -0.4 is 5.32 Å². The highest BCUT2D eigenvalue weighted by Gasteiger charge is 2.21. The van der Waals surface area contributed by atoms with Gasteiger partial charge < -0.3 is 10.2 Å². The minimum atomic E-state index is -0.955. The molecule has 0 fully saturated rings. The lowest BCUT2D eigenvalue weighted by atomic mass is 10.1. The van der Waals surface area contributed by atoms with E-state index in [-0.39, 0.29) is 18.7 Å². The van der Waals surface area contributed by atoms with Crippen molar-refractivity contribution in [2.24, 2.45) is 0 Å². The zero-order valence-corrected chi connectivity index (χ0v) is 12.5. The van der Waals surface area contributed by atoms with Gasteiger partial charge in [-0.1, -0.05) is 0 Å². The number of carbonyl (C=O) groups excluding carboxylic acids is 2. The monoisotopic (exact) mass is 325 g/mol. The van der Waals surface area contributed by atoms with E-state index in [1.54, 1.807) is 12.3 Å². The van der Waals surface area contributed by atoms with E-state index in [1.807, 2.05) is 0 Å². The summed E-state index contributed by atoms with van der Waals surface area (Å²) in [6.07, 6.45) is 1.54. The van der Waals surface area contributed by atoms with Gasteiger partial charge in [0, 0.05) is 24.2 Å². The molecule has 0 aliphatic carbocycles. The minimum absolute atomic E-state index is 0.209. The van der Waals surface area contributed by atoms with Crippen LogP contribution in [0.2, 0.25) is 0 Å². The van der Waals surface area contributed by atoms with Crippen LogP contribution in [0.3, 0.4) is 0 Å². The second kappa shape index (κ2) is 7.08. The number of anilines is 1. The Morgan fingerprint density at radius 3 is 2.73 bits per heavy atom. The highest BCUT2D eigenvalue weighted by molar-refractivity contribution is 7.13. The van der Waals surface area contributed by atoms with Gasteiger partial charge in [-0.3, -0.25) is 9.59 Å². The minimum Gasteiger partial charge on any atom is -0.330 e. The highest BCUT2D eigenvalue weighted by atomic mass is 32.1. The maximum absolute atomic E-state index is 13.6. The number of aromatic nitrogens is 1. The first kappa shape index (κ1) is 16.0. The first-order chi connectivity index (χ1) is 10.5. The topological polar surface area (TPSA) is 62.3 Å². The van der Waals surface area contributed by atoms with Crippen LogP contribution in [-0.4, -0.2) is 34.8 Å². The Balaban J connectivity index is 2.07. The molecule has 116 valence electrons. The molecule has 0 aliphatic rings. The lowest BCUT2D eigenvalue weighted by molar-refractivity contribution is -0.116. The van der Waals surface area contributed by atoms with Gasteiger partial charge in [-0.2, -0.15) is 0 Å². The molecule has 22 heavy (non-hydrogen) atoms. The Bertz CT molecular complexity index is 677. The Kier molecular flexibility index (Phi) is 5.16. The van der Waals surface area contributed by atoms with Crippen molar-refractivity contribution in [3.05, 3.63) is 47.0 Å². The fourth-order valence-corrected chi connectivity index (χ4v) is 2.32. The van der Waals surface area contributed by atoms with Crippen LogP contribution in [0.4, 0.5) is 13.9 Å². The quantitative estimate of drug-likeness (QED) is 0.919. The maximum atomic E-state index is 13.6. The number of nitrogens with zero attached hydrogens (tertiary/aromatic N) is 2. The third-order valence-corrected chi connectivity index (χ3v) is 3.53. The number of carbonyl (C=O) groups is 2. The molecule has 2 amide bonds. The fraction of sp³-hybridized carbons (Fsp3) is 0.214. The standard InChI is InChI=1S/C14H13F2N3O2S/c1-2-19(8-12(20)18-14-17-5-6-22-14)13(21)10-4-3-9(15)7-11(10)16/h3-7H,2,8H2,1H3,(H,17,18,20). The molecule has 1 aromatic heterocycles. The summed E-state index contributed by atoms with van der Waals surface area (Å²) < 4.78 is 26.5. The summed E-state index contributed by atoms with van der Waals surface area (Å²) in [6.45, 7) is 1.63. The van der Waals surface area contributed by atoms with Crippen LogP contribution in [0.1, 0.15) is 17.3 Å². The lowest BCUT2D eigenvalue weighted by Gasteiger charge is -2.20. The normalized spacial score (nSPS) is 10.3. The van der Waals surface area contributed by atoms with Gasteiger partial charge in [0.15, 0.2) is 5.13 Å². The van der Waals surface area contributed by atoms with Crippen molar-refractivity contribution in [2.45, 2.75) is 6.92 Å². The number of hydrogen-bond acceptors (Lipinski definition) is 4. The summed E-state index contributed by atoms with van der Waals surface area (Å²) in [5, 5.41) is 4.66. The summed E-state index contributed by atoms with van der Waals surface area (Å²) >= 11 is 1.25. The van der Waals surface area contributed by atoms with Crippen LogP contribution >= 0.6 is 11.3 Å². The van der Waals surface area contributed by atoms with Crippen LogP contribution in [0.25, 0.3) is 0 Å². The summed E-state index contributed by atoms with van der Waals surface area (Å²) in [6, 6.07) is 2.70. The molecule has 0 atom stereocenters. The van der Waals surface area contributed by atoms with Gasteiger partial charge in [0.1, 0.15) is 18.2 Å². The highest BCUT2D eigenvalue weighted by Crippen LogP contribution is 2.13. The number of amides is 2. The van der Waals surface area contributed by atoms with Crippen molar-refractivity contribution < 1.29 is 18.4 Å². The van der Waals surface area contributed by atoms with Crippen molar-refractivity contribution in [3.8, 4) is 0 Å². The molecule has 0 bridgehead atoms. The van der Waals surface area contributed by atoms with Gasteiger partial charge in [-0.25, -0.2) is 13.8 Å². The first-order valence-electron chi connectivity index (χ1n) is 6.45. The third kappa shape index (κ3) is 3.85. The van der Waals surface area contributed by atoms with Crippen LogP contribution in [0, 0.1) is 11.6 Å². The predicted octanol–water partition coefficient (Wildman–Crippen LogP) is 2.52. The summed E-state index contributed by atoms with van der Waals surface area (Å²) in [5.74, 6) is -2.83. The zero-order valence-electron chi connectivity index (χ0n) is 11.7. The average Bonchev–Trinajstić information content (AvgIpc) is 2.97. The second-order valence-corrected chi connectivity index (χ2v) is 5.22. The van der Waals surface area contributed by atoms with Gasteiger partial charge in [0.25, 0.3) is 5.91 Å². The van der Waals surface area contributed by atoms with Crippen molar-refractivity contribution in [2.75, 3.05) is 18.4 Å². The number of nitrogens with one attached hydrogen (secondary N) is 1. The molecule has 0 unspecified atom stereocenters. The number of likely N-dealkylation sites (N-methyl/N-ethyl adjacent to an activating group) is 1. The first-order valence-corrected chi connectivity index (χ1v) is 7.33. The molecule has 0 radical (unpaired) electrons. The molecular formula is C14H13F2N3O2S. The Labute approximate surface area is 129 Å². The smallest absolute Gasteiger partial charge is 0.257 e. The maximum Gasteiger partial charge on any atom is 0.257 e. The van der Waals surface area contributed by atoms with Gasteiger partial charge in [0.2, 0.25) is 5.91 Å². The van der Waals surface area contributed by atoms with Crippen LogP contribution in [-0.2, 0) is 4.79 Å². The average molecular weight is 325 g/mol. The number of hydrogen-bond donors (Lipinski definition) is 1. The van der Waals surface area contributed by atoms with Crippen LogP contribution in [0.15, 0.2) is 29.8 Å². The lowest BCUT2D eigenvalue weighted by Crippen LogP contribution is -2.38. The van der Waals surface area contributed by atoms with Gasteiger partial charge in [-0.15, -0.1) is 11.3 Å². The molecule has 0 saturated heterocycles. The van der Waals surface area contributed by atoms with Crippen molar-refractivity contribution >= 4 is 28.3 Å². The third-order valence-electron chi connectivity index (χ3n) is 2.84. The molecule has 1 aromatic carbocycles. The Hall–Kier alpha value is -2.35. The molecule has 0 saturated carbocycles. The van der Waals surface area contributed by atoms with Crippen molar-refractivity contribution in [1.82, 2.24) is 9.88 Å².